The van der Waals surface area contributed by atoms with Gasteiger partial charge in [0, 0.05) is 30.4 Å². The number of carbonyl (C=O) groups excluding carboxylic acids is 3. The van der Waals surface area contributed by atoms with E-state index in [0.717, 1.165) is 49.9 Å². The van der Waals surface area contributed by atoms with Crippen molar-refractivity contribution in [3.8, 4) is 0 Å². The number of nitrogens with one attached hydrogen (secondary N) is 2. The lowest BCUT2D eigenvalue weighted by atomic mass is 10.0. The maximum Gasteiger partial charge on any atom is 0.313 e. The molecule has 1 fully saturated rings. The number of benzene rings is 1. The molecule has 6 nitrogen and oxygen atoms in total. The van der Waals surface area contributed by atoms with Crippen molar-refractivity contribution in [2.45, 2.75) is 46.0 Å². The average molecular weight is 357 g/mol. The van der Waals surface area contributed by atoms with Crippen LogP contribution in [0, 0.1) is 11.8 Å². The van der Waals surface area contributed by atoms with Crippen LogP contribution in [0.5, 0.6) is 0 Å². The molecule has 3 amide bonds. The molecule has 0 saturated heterocycles. The number of carbonyl (C=O) groups is 3. The quantitative estimate of drug-likeness (QED) is 0.795. The third kappa shape index (κ3) is 4.42. The van der Waals surface area contributed by atoms with E-state index < -0.39 is 11.8 Å². The van der Waals surface area contributed by atoms with E-state index in [-0.39, 0.29) is 11.8 Å². The molecule has 26 heavy (non-hydrogen) atoms. The maximum absolute atomic E-state index is 12.4. The molecular formula is C20H27N3O3. The number of nitrogens with zero attached hydrogens (tertiary/aromatic N) is 1. The molecule has 0 radical (unpaired) electrons. The van der Waals surface area contributed by atoms with Crippen LogP contribution in [-0.4, -0.2) is 30.8 Å². The van der Waals surface area contributed by atoms with Gasteiger partial charge < -0.3 is 15.5 Å². The number of aryl methyl sites for hydroxylation is 1. The Kier molecular flexibility index (Phi) is 5.59. The highest BCUT2D eigenvalue weighted by Gasteiger charge is 2.35. The van der Waals surface area contributed by atoms with Gasteiger partial charge in [-0.1, -0.05) is 13.8 Å². The van der Waals surface area contributed by atoms with E-state index in [1.165, 1.54) is 0 Å². The van der Waals surface area contributed by atoms with Crippen molar-refractivity contribution in [3.05, 3.63) is 23.8 Å². The normalized spacial score (nSPS) is 16.2. The summed E-state index contributed by atoms with van der Waals surface area (Å²) in [4.78, 5) is 38.2. The Hall–Kier alpha value is -2.37. The lowest BCUT2D eigenvalue weighted by Crippen LogP contribution is -2.37. The summed E-state index contributed by atoms with van der Waals surface area (Å²) in [5.41, 5.74) is 2.57. The van der Waals surface area contributed by atoms with Gasteiger partial charge in [-0.2, -0.15) is 0 Å². The van der Waals surface area contributed by atoms with Crippen molar-refractivity contribution in [2.75, 3.05) is 23.3 Å². The van der Waals surface area contributed by atoms with Gasteiger partial charge in [-0.05, 0) is 61.8 Å². The highest BCUT2D eigenvalue weighted by molar-refractivity contribution is 6.39. The van der Waals surface area contributed by atoms with E-state index in [4.69, 9.17) is 0 Å². The van der Waals surface area contributed by atoms with Gasteiger partial charge >= 0.3 is 11.8 Å². The molecule has 0 unspecified atom stereocenters. The molecule has 140 valence electrons. The molecule has 2 aliphatic rings. The number of amides is 3. The minimum absolute atomic E-state index is 0.190. The van der Waals surface area contributed by atoms with Crippen LogP contribution in [0.3, 0.4) is 0 Å². The second kappa shape index (κ2) is 7.89. The van der Waals surface area contributed by atoms with Gasteiger partial charge in [-0.3, -0.25) is 14.4 Å². The SMILES string of the molecule is CC(C)CCNC(=O)C(=O)Nc1ccc2c(c1)CCCN2C(=O)C1CC1. The van der Waals surface area contributed by atoms with Crippen LogP contribution in [0.1, 0.15) is 45.1 Å². The van der Waals surface area contributed by atoms with Crippen molar-refractivity contribution >= 4 is 29.1 Å². The zero-order valence-corrected chi connectivity index (χ0v) is 15.5. The second-order valence-corrected chi connectivity index (χ2v) is 7.60. The largest absolute Gasteiger partial charge is 0.348 e. The minimum Gasteiger partial charge on any atom is -0.348 e. The predicted molar refractivity (Wildman–Crippen MR) is 101 cm³/mol. The number of rotatable bonds is 5. The molecule has 2 N–H and O–H groups in total. The zero-order chi connectivity index (χ0) is 18.7. The number of hydrogen-bond acceptors (Lipinski definition) is 3. The van der Waals surface area contributed by atoms with Gasteiger partial charge in [0.05, 0.1) is 0 Å². The van der Waals surface area contributed by atoms with Crippen molar-refractivity contribution in [1.29, 1.82) is 0 Å². The summed E-state index contributed by atoms with van der Waals surface area (Å²) in [6, 6.07) is 5.51. The minimum atomic E-state index is -0.657. The molecule has 1 heterocycles. The Morgan fingerprint density at radius 2 is 1.96 bits per heavy atom. The van der Waals surface area contributed by atoms with Crippen LogP contribution < -0.4 is 15.5 Å². The fourth-order valence-corrected chi connectivity index (χ4v) is 3.20. The molecule has 0 atom stereocenters. The van der Waals surface area contributed by atoms with E-state index in [0.29, 0.717) is 18.2 Å². The summed E-state index contributed by atoms with van der Waals surface area (Å²) in [5, 5.41) is 5.29. The number of fused-ring (bicyclic) bond motifs is 1. The van der Waals surface area contributed by atoms with Gasteiger partial charge in [-0.15, -0.1) is 0 Å². The topological polar surface area (TPSA) is 78.5 Å². The maximum atomic E-state index is 12.4. The van der Waals surface area contributed by atoms with Crippen LogP contribution in [-0.2, 0) is 20.8 Å². The fourth-order valence-electron chi connectivity index (χ4n) is 3.20. The molecule has 1 saturated carbocycles. The van der Waals surface area contributed by atoms with Crippen molar-refractivity contribution in [2.24, 2.45) is 11.8 Å². The first-order valence-corrected chi connectivity index (χ1v) is 9.49. The van der Waals surface area contributed by atoms with Crippen LogP contribution in [0.2, 0.25) is 0 Å². The summed E-state index contributed by atoms with van der Waals surface area (Å²) < 4.78 is 0. The standard InChI is InChI=1S/C20H27N3O3/c1-13(2)9-10-21-18(24)19(25)22-16-7-8-17-15(12-16)4-3-11-23(17)20(26)14-5-6-14/h7-8,12-14H,3-6,9-11H2,1-2H3,(H,21,24)(H,22,25). The molecule has 1 aliphatic carbocycles. The summed E-state index contributed by atoms with van der Waals surface area (Å²) >= 11 is 0. The van der Waals surface area contributed by atoms with Gasteiger partial charge in [0.2, 0.25) is 5.91 Å². The molecule has 1 aromatic rings. The molecule has 0 bridgehead atoms. The Morgan fingerprint density at radius 1 is 1.19 bits per heavy atom. The molecule has 0 spiro atoms. The molecule has 0 aromatic heterocycles. The number of hydrogen-bond donors (Lipinski definition) is 2. The van der Waals surface area contributed by atoms with E-state index in [1.807, 2.05) is 17.0 Å². The number of anilines is 2. The van der Waals surface area contributed by atoms with Gasteiger partial charge in [0.1, 0.15) is 0 Å². The third-order valence-corrected chi connectivity index (χ3v) is 4.86. The highest BCUT2D eigenvalue weighted by atomic mass is 16.2. The van der Waals surface area contributed by atoms with Crippen LogP contribution >= 0.6 is 0 Å². The Morgan fingerprint density at radius 3 is 2.65 bits per heavy atom. The Bertz CT molecular complexity index is 710. The summed E-state index contributed by atoms with van der Waals surface area (Å²) in [6.45, 7) is 5.38. The third-order valence-electron chi connectivity index (χ3n) is 4.86. The first-order chi connectivity index (χ1) is 12.5. The zero-order valence-electron chi connectivity index (χ0n) is 15.5. The van der Waals surface area contributed by atoms with Crippen molar-refractivity contribution in [1.82, 2.24) is 5.32 Å². The first kappa shape index (κ1) is 18.4. The Balaban J connectivity index is 1.62. The van der Waals surface area contributed by atoms with Gasteiger partial charge in [0.25, 0.3) is 0 Å². The van der Waals surface area contributed by atoms with Gasteiger partial charge in [-0.25, -0.2) is 0 Å². The lowest BCUT2D eigenvalue weighted by molar-refractivity contribution is -0.136. The van der Waals surface area contributed by atoms with Crippen LogP contribution in [0.4, 0.5) is 11.4 Å². The van der Waals surface area contributed by atoms with Gasteiger partial charge in [0.15, 0.2) is 0 Å². The van der Waals surface area contributed by atoms with Crippen LogP contribution in [0.15, 0.2) is 18.2 Å². The monoisotopic (exact) mass is 357 g/mol. The van der Waals surface area contributed by atoms with E-state index in [1.54, 1.807) is 6.07 Å². The fraction of sp³-hybridized carbons (Fsp3) is 0.550. The summed E-state index contributed by atoms with van der Waals surface area (Å²) in [6.07, 6.45) is 4.60. The van der Waals surface area contributed by atoms with Crippen LogP contribution in [0.25, 0.3) is 0 Å². The van der Waals surface area contributed by atoms with E-state index in [2.05, 4.69) is 24.5 Å². The Labute approximate surface area is 154 Å². The van der Waals surface area contributed by atoms with Crippen molar-refractivity contribution < 1.29 is 14.4 Å². The highest BCUT2D eigenvalue weighted by Crippen LogP contribution is 2.36. The summed E-state index contributed by atoms with van der Waals surface area (Å²) in [7, 11) is 0. The van der Waals surface area contributed by atoms with E-state index >= 15 is 0 Å². The molecule has 6 heteroatoms. The molecule has 1 aromatic carbocycles. The van der Waals surface area contributed by atoms with Crippen molar-refractivity contribution in [3.63, 3.8) is 0 Å². The molecule has 3 rings (SSSR count). The first-order valence-electron chi connectivity index (χ1n) is 9.49. The lowest BCUT2D eigenvalue weighted by Gasteiger charge is -2.30. The second-order valence-electron chi connectivity index (χ2n) is 7.60. The van der Waals surface area contributed by atoms with E-state index in [9.17, 15) is 14.4 Å². The average Bonchev–Trinajstić information content (AvgIpc) is 3.45. The predicted octanol–water partition coefficient (Wildman–Crippen LogP) is 2.48. The molecule has 1 aliphatic heterocycles. The summed E-state index contributed by atoms with van der Waals surface area (Å²) in [5.74, 6) is -0.397. The molecular weight excluding hydrogens is 330 g/mol. The smallest absolute Gasteiger partial charge is 0.313 e.